The molecule has 2 unspecified atom stereocenters. The molecule has 0 amide bonds. The van der Waals surface area contributed by atoms with Gasteiger partial charge in [0.25, 0.3) is 0 Å². The van der Waals surface area contributed by atoms with Gasteiger partial charge in [0.15, 0.2) is 0 Å². The smallest absolute Gasteiger partial charge is 0.124 e. The summed E-state index contributed by atoms with van der Waals surface area (Å²) in [6.07, 6.45) is 1.12. The second-order valence-corrected chi connectivity index (χ2v) is 5.47. The Morgan fingerprint density at radius 3 is 2.75 bits per heavy atom. The van der Waals surface area contributed by atoms with E-state index in [4.69, 9.17) is 0 Å². The van der Waals surface area contributed by atoms with Crippen LogP contribution in [0.3, 0.4) is 0 Å². The van der Waals surface area contributed by atoms with Gasteiger partial charge in [0.2, 0.25) is 0 Å². The van der Waals surface area contributed by atoms with Gasteiger partial charge in [-0.25, -0.2) is 0 Å². The van der Waals surface area contributed by atoms with Crippen molar-refractivity contribution in [1.29, 1.82) is 0 Å². The van der Waals surface area contributed by atoms with Gasteiger partial charge in [0.05, 0.1) is 0 Å². The van der Waals surface area contributed by atoms with Crippen LogP contribution in [0.4, 0.5) is 0 Å². The van der Waals surface area contributed by atoms with Crippen LogP contribution in [-0.4, -0.2) is 16.8 Å². The SMILES string of the molecule is CC(NCC1Cc2ccccc21)c1ccc(O)cc1O. The van der Waals surface area contributed by atoms with Gasteiger partial charge in [-0.2, -0.15) is 0 Å². The first-order chi connectivity index (χ1) is 9.65. The average molecular weight is 269 g/mol. The Labute approximate surface area is 118 Å². The Morgan fingerprint density at radius 2 is 2.00 bits per heavy atom. The van der Waals surface area contributed by atoms with Gasteiger partial charge in [-0.15, -0.1) is 0 Å². The van der Waals surface area contributed by atoms with Crippen molar-refractivity contribution in [2.45, 2.75) is 25.3 Å². The molecule has 3 heteroatoms. The molecule has 1 aliphatic carbocycles. The molecule has 104 valence electrons. The van der Waals surface area contributed by atoms with E-state index in [0.29, 0.717) is 5.92 Å². The van der Waals surface area contributed by atoms with E-state index < -0.39 is 0 Å². The maximum absolute atomic E-state index is 9.86. The lowest BCUT2D eigenvalue weighted by Gasteiger charge is -2.31. The van der Waals surface area contributed by atoms with E-state index in [0.717, 1.165) is 18.5 Å². The summed E-state index contributed by atoms with van der Waals surface area (Å²) < 4.78 is 0. The number of aromatic hydroxyl groups is 2. The lowest BCUT2D eigenvalue weighted by atomic mass is 9.77. The minimum Gasteiger partial charge on any atom is -0.508 e. The zero-order chi connectivity index (χ0) is 14.1. The second-order valence-electron chi connectivity index (χ2n) is 5.47. The Morgan fingerprint density at radius 1 is 1.20 bits per heavy atom. The first-order valence-corrected chi connectivity index (χ1v) is 6.98. The fourth-order valence-electron chi connectivity index (χ4n) is 2.87. The monoisotopic (exact) mass is 269 g/mol. The van der Waals surface area contributed by atoms with Gasteiger partial charge in [0, 0.05) is 30.1 Å². The summed E-state index contributed by atoms with van der Waals surface area (Å²) in [6.45, 7) is 2.93. The van der Waals surface area contributed by atoms with Crippen LogP contribution in [0.1, 0.15) is 35.6 Å². The zero-order valence-corrected chi connectivity index (χ0v) is 11.5. The number of benzene rings is 2. The predicted octanol–water partition coefficient (Wildman–Crippen LogP) is 3.09. The second kappa shape index (κ2) is 5.17. The molecule has 3 N–H and O–H groups in total. The first kappa shape index (κ1) is 13.0. The molecule has 1 aliphatic rings. The van der Waals surface area contributed by atoms with Crippen molar-refractivity contribution in [3.63, 3.8) is 0 Å². The molecule has 2 aromatic rings. The van der Waals surface area contributed by atoms with Gasteiger partial charge < -0.3 is 15.5 Å². The fourth-order valence-corrected chi connectivity index (χ4v) is 2.87. The predicted molar refractivity (Wildman–Crippen MR) is 79.1 cm³/mol. The highest BCUT2D eigenvalue weighted by Gasteiger charge is 2.25. The van der Waals surface area contributed by atoms with Crippen molar-refractivity contribution in [3.8, 4) is 11.5 Å². The number of hydrogen-bond acceptors (Lipinski definition) is 3. The number of phenols is 2. The summed E-state index contributed by atoms with van der Waals surface area (Å²) in [5.41, 5.74) is 3.69. The third-order valence-electron chi connectivity index (χ3n) is 4.11. The molecule has 0 heterocycles. The maximum atomic E-state index is 9.86. The Kier molecular flexibility index (Phi) is 3.36. The van der Waals surface area contributed by atoms with E-state index >= 15 is 0 Å². The minimum atomic E-state index is 0.0587. The van der Waals surface area contributed by atoms with Crippen LogP contribution in [-0.2, 0) is 6.42 Å². The van der Waals surface area contributed by atoms with Crippen LogP contribution in [0.5, 0.6) is 11.5 Å². The molecular formula is C17H19NO2. The van der Waals surface area contributed by atoms with E-state index in [9.17, 15) is 10.2 Å². The maximum Gasteiger partial charge on any atom is 0.124 e. The molecule has 2 aromatic carbocycles. The lowest BCUT2D eigenvalue weighted by Crippen LogP contribution is -2.30. The molecule has 0 aliphatic heterocycles. The van der Waals surface area contributed by atoms with Gasteiger partial charge in [-0.05, 0) is 30.5 Å². The number of fused-ring (bicyclic) bond motifs is 1. The normalized spacial score (nSPS) is 18.1. The highest BCUT2D eigenvalue weighted by atomic mass is 16.3. The lowest BCUT2D eigenvalue weighted by molar-refractivity contribution is 0.430. The Hall–Kier alpha value is -2.00. The topological polar surface area (TPSA) is 52.5 Å². The molecule has 3 nitrogen and oxygen atoms in total. The van der Waals surface area contributed by atoms with Crippen LogP contribution in [0, 0.1) is 0 Å². The van der Waals surface area contributed by atoms with Gasteiger partial charge in [-0.1, -0.05) is 30.3 Å². The average Bonchev–Trinajstić information content (AvgIpc) is 2.39. The molecule has 0 bridgehead atoms. The number of phenolic OH excluding ortho intramolecular Hbond substituents is 2. The summed E-state index contributed by atoms with van der Waals surface area (Å²) in [5, 5.41) is 22.6. The standard InChI is InChI=1S/C17H19NO2/c1-11(15-7-6-14(19)9-17(15)20)18-10-13-8-12-4-2-3-5-16(12)13/h2-7,9,11,13,18-20H,8,10H2,1H3. The quantitative estimate of drug-likeness (QED) is 0.799. The van der Waals surface area contributed by atoms with E-state index in [2.05, 4.69) is 29.6 Å². The molecule has 3 rings (SSSR count). The van der Waals surface area contributed by atoms with Gasteiger partial charge in [0.1, 0.15) is 11.5 Å². The molecule has 0 saturated carbocycles. The van der Waals surface area contributed by atoms with Crippen molar-refractivity contribution < 1.29 is 10.2 Å². The van der Waals surface area contributed by atoms with Crippen LogP contribution < -0.4 is 5.32 Å². The summed E-state index contributed by atoms with van der Waals surface area (Å²) in [5.74, 6) is 0.790. The first-order valence-electron chi connectivity index (χ1n) is 6.98. The van der Waals surface area contributed by atoms with Crippen LogP contribution in [0.25, 0.3) is 0 Å². The zero-order valence-electron chi connectivity index (χ0n) is 11.5. The highest BCUT2D eigenvalue weighted by molar-refractivity contribution is 5.42. The Balaban J connectivity index is 1.62. The van der Waals surface area contributed by atoms with Crippen molar-refractivity contribution in [3.05, 3.63) is 59.2 Å². The summed E-state index contributed by atoms with van der Waals surface area (Å²) in [4.78, 5) is 0. The number of hydrogen-bond donors (Lipinski definition) is 3. The molecule has 0 spiro atoms. The molecule has 0 radical (unpaired) electrons. The molecule has 2 atom stereocenters. The molecule has 20 heavy (non-hydrogen) atoms. The third kappa shape index (κ3) is 2.37. The van der Waals surface area contributed by atoms with Crippen molar-refractivity contribution in [1.82, 2.24) is 5.32 Å². The number of rotatable bonds is 4. The van der Waals surface area contributed by atoms with E-state index in [1.165, 1.54) is 17.2 Å². The van der Waals surface area contributed by atoms with Crippen molar-refractivity contribution >= 4 is 0 Å². The summed E-state index contributed by atoms with van der Waals surface area (Å²) >= 11 is 0. The molecule has 0 fully saturated rings. The third-order valence-corrected chi connectivity index (χ3v) is 4.11. The van der Waals surface area contributed by atoms with E-state index in [1.807, 2.05) is 6.92 Å². The van der Waals surface area contributed by atoms with Crippen molar-refractivity contribution in [2.24, 2.45) is 0 Å². The summed E-state index contributed by atoms with van der Waals surface area (Å²) in [6, 6.07) is 13.3. The van der Waals surface area contributed by atoms with E-state index in [-0.39, 0.29) is 17.5 Å². The van der Waals surface area contributed by atoms with E-state index in [1.54, 1.807) is 12.1 Å². The summed E-state index contributed by atoms with van der Waals surface area (Å²) in [7, 11) is 0. The van der Waals surface area contributed by atoms with Crippen molar-refractivity contribution in [2.75, 3.05) is 6.54 Å². The molecule has 0 saturated heterocycles. The molecule has 0 aromatic heterocycles. The van der Waals surface area contributed by atoms with Crippen LogP contribution in [0.15, 0.2) is 42.5 Å². The largest absolute Gasteiger partial charge is 0.508 e. The van der Waals surface area contributed by atoms with Gasteiger partial charge in [-0.3, -0.25) is 0 Å². The van der Waals surface area contributed by atoms with Crippen LogP contribution >= 0.6 is 0 Å². The minimum absolute atomic E-state index is 0.0587. The number of nitrogens with one attached hydrogen (secondary N) is 1. The molecular weight excluding hydrogens is 250 g/mol. The van der Waals surface area contributed by atoms with Gasteiger partial charge >= 0.3 is 0 Å². The van der Waals surface area contributed by atoms with Crippen LogP contribution in [0.2, 0.25) is 0 Å². The Bertz CT molecular complexity index is 624. The highest BCUT2D eigenvalue weighted by Crippen LogP contribution is 2.35. The fraction of sp³-hybridized carbons (Fsp3) is 0.294.